The largest absolute Gasteiger partial charge is 0.465 e. The minimum atomic E-state index is -1.16. The van der Waals surface area contributed by atoms with Gasteiger partial charge in [0.2, 0.25) is 11.8 Å². The van der Waals surface area contributed by atoms with E-state index in [1.54, 1.807) is 5.38 Å². The molecule has 0 aliphatic carbocycles. The average molecular weight is 454 g/mol. The van der Waals surface area contributed by atoms with Gasteiger partial charge in [-0.15, -0.1) is 11.3 Å². The highest BCUT2D eigenvalue weighted by atomic mass is 35.5. The zero-order chi connectivity index (χ0) is 21.8. The quantitative estimate of drug-likeness (QED) is 0.676. The van der Waals surface area contributed by atoms with Crippen molar-refractivity contribution in [3.63, 3.8) is 0 Å². The van der Waals surface area contributed by atoms with Crippen LogP contribution in [0.15, 0.2) is 29.6 Å². The van der Waals surface area contributed by atoms with Crippen LogP contribution in [-0.4, -0.2) is 54.8 Å². The molecule has 0 saturated carbocycles. The molecule has 2 N–H and O–H groups in total. The van der Waals surface area contributed by atoms with E-state index in [-0.39, 0.29) is 40.7 Å². The van der Waals surface area contributed by atoms with E-state index >= 15 is 0 Å². The maximum absolute atomic E-state index is 14.2. The second kappa shape index (κ2) is 9.23. The van der Waals surface area contributed by atoms with Gasteiger partial charge in [0.05, 0.1) is 29.8 Å². The number of carbonyl (C=O) groups is 4. The first-order valence-electron chi connectivity index (χ1n) is 8.81. The zero-order valence-corrected chi connectivity index (χ0v) is 17.3. The van der Waals surface area contributed by atoms with Gasteiger partial charge in [0.15, 0.2) is 0 Å². The van der Waals surface area contributed by atoms with Gasteiger partial charge in [0, 0.05) is 13.1 Å². The number of nitrogens with one attached hydrogen (secondary N) is 2. The fourth-order valence-electron chi connectivity index (χ4n) is 3.04. The molecular weight excluding hydrogens is 437 g/mol. The smallest absolute Gasteiger partial charge is 0.350 e. The summed E-state index contributed by atoms with van der Waals surface area (Å²) >= 11 is 7.07. The van der Waals surface area contributed by atoms with Gasteiger partial charge in [-0.25, -0.2) is 9.18 Å². The molecule has 1 aromatic carbocycles. The Morgan fingerprint density at radius 2 is 2.13 bits per heavy atom. The van der Waals surface area contributed by atoms with Crippen molar-refractivity contribution >= 4 is 52.3 Å². The first-order valence-corrected chi connectivity index (χ1v) is 10.1. The fraction of sp³-hybridized carbons (Fsp3) is 0.263. The molecule has 30 heavy (non-hydrogen) atoms. The maximum Gasteiger partial charge on any atom is 0.350 e. The van der Waals surface area contributed by atoms with Crippen LogP contribution < -0.4 is 10.6 Å². The molecule has 1 aromatic heterocycles. The van der Waals surface area contributed by atoms with Gasteiger partial charge in [0.25, 0.3) is 5.91 Å². The number of piperazine rings is 1. The van der Waals surface area contributed by atoms with Crippen molar-refractivity contribution in [1.29, 1.82) is 0 Å². The first-order chi connectivity index (χ1) is 14.3. The number of hydrogen-bond donors (Lipinski definition) is 2. The molecule has 0 spiro atoms. The minimum Gasteiger partial charge on any atom is -0.465 e. The number of methoxy groups -OCH3 is 1. The third-order valence-electron chi connectivity index (χ3n) is 4.46. The van der Waals surface area contributed by atoms with Crippen LogP contribution in [0.2, 0.25) is 5.02 Å². The molecule has 2 heterocycles. The molecule has 1 fully saturated rings. The van der Waals surface area contributed by atoms with E-state index in [0.29, 0.717) is 0 Å². The molecule has 8 nitrogen and oxygen atoms in total. The van der Waals surface area contributed by atoms with Crippen LogP contribution in [0, 0.1) is 5.82 Å². The number of benzene rings is 1. The standard InChI is InChI=1S/C19H17ClFN3O5S/c1-29-19(28)16-12(5-8-30-16)23-14(25)9-13-17(26)22-6-7-24(13)18(27)15-10(20)3-2-4-11(15)21/h2-5,8,13H,6-7,9H2,1H3,(H,22,26)(H,23,25)/t13-/m0/s1. The van der Waals surface area contributed by atoms with Crippen molar-refractivity contribution < 1.29 is 28.3 Å². The lowest BCUT2D eigenvalue weighted by Gasteiger charge is -2.35. The molecule has 0 unspecified atom stereocenters. The number of ether oxygens (including phenoxy) is 1. The molecule has 0 radical (unpaired) electrons. The van der Waals surface area contributed by atoms with Gasteiger partial charge in [-0.05, 0) is 23.6 Å². The van der Waals surface area contributed by atoms with Crippen molar-refractivity contribution in [2.75, 3.05) is 25.5 Å². The summed E-state index contributed by atoms with van der Waals surface area (Å²) in [7, 11) is 1.22. The highest BCUT2D eigenvalue weighted by molar-refractivity contribution is 7.12. The predicted molar refractivity (Wildman–Crippen MR) is 108 cm³/mol. The highest BCUT2D eigenvalue weighted by Crippen LogP contribution is 2.25. The zero-order valence-electron chi connectivity index (χ0n) is 15.7. The second-order valence-electron chi connectivity index (χ2n) is 6.31. The lowest BCUT2D eigenvalue weighted by atomic mass is 10.1. The molecule has 1 saturated heterocycles. The Kier molecular flexibility index (Phi) is 6.68. The summed E-state index contributed by atoms with van der Waals surface area (Å²) in [6.45, 7) is 0.241. The average Bonchev–Trinajstić information content (AvgIpc) is 3.16. The summed E-state index contributed by atoms with van der Waals surface area (Å²) in [5, 5.41) is 6.65. The number of hydrogen-bond acceptors (Lipinski definition) is 6. The van der Waals surface area contributed by atoms with Crippen LogP contribution in [0.5, 0.6) is 0 Å². The van der Waals surface area contributed by atoms with E-state index in [4.69, 9.17) is 11.6 Å². The van der Waals surface area contributed by atoms with Crippen LogP contribution in [0.25, 0.3) is 0 Å². The first kappa shape index (κ1) is 21.7. The number of amides is 3. The summed E-state index contributed by atoms with van der Waals surface area (Å²) in [6.07, 6.45) is -0.389. The lowest BCUT2D eigenvalue weighted by molar-refractivity contribution is -0.131. The van der Waals surface area contributed by atoms with Crippen molar-refractivity contribution in [3.05, 3.63) is 50.9 Å². The topological polar surface area (TPSA) is 105 Å². The van der Waals surface area contributed by atoms with Crippen molar-refractivity contribution in [2.45, 2.75) is 12.5 Å². The molecule has 3 rings (SSSR count). The summed E-state index contributed by atoms with van der Waals surface area (Å²) in [6, 6.07) is 4.19. The molecule has 0 bridgehead atoms. The van der Waals surface area contributed by atoms with Gasteiger partial charge in [-0.2, -0.15) is 0 Å². The second-order valence-corrected chi connectivity index (χ2v) is 7.63. The van der Waals surface area contributed by atoms with Crippen LogP contribution in [-0.2, 0) is 14.3 Å². The van der Waals surface area contributed by atoms with Crippen LogP contribution >= 0.6 is 22.9 Å². The normalized spacial score (nSPS) is 16.0. The fourth-order valence-corrected chi connectivity index (χ4v) is 4.05. The Balaban J connectivity index is 1.79. The Labute approximate surface area is 179 Å². The summed E-state index contributed by atoms with van der Waals surface area (Å²) in [4.78, 5) is 50.9. The molecule has 1 aliphatic rings. The highest BCUT2D eigenvalue weighted by Gasteiger charge is 2.36. The van der Waals surface area contributed by atoms with Gasteiger partial charge < -0.3 is 20.3 Å². The van der Waals surface area contributed by atoms with Gasteiger partial charge in [0.1, 0.15) is 16.7 Å². The summed E-state index contributed by atoms with van der Waals surface area (Å²) < 4.78 is 18.9. The number of rotatable bonds is 5. The monoisotopic (exact) mass is 453 g/mol. The van der Waals surface area contributed by atoms with Crippen LogP contribution in [0.4, 0.5) is 10.1 Å². The molecule has 1 atom stereocenters. The van der Waals surface area contributed by atoms with Gasteiger partial charge >= 0.3 is 5.97 Å². The van der Waals surface area contributed by atoms with Crippen molar-refractivity contribution in [3.8, 4) is 0 Å². The minimum absolute atomic E-state index is 0.0824. The molecule has 3 amide bonds. The summed E-state index contributed by atoms with van der Waals surface area (Å²) in [5.41, 5.74) is -0.117. The molecule has 11 heteroatoms. The van der Waals surface area contributed by atoms with E-state index in [0.717, 1.165) is 22.3 Å². The van der Waals surface area contributed by atoms with Crippen molar-refractivity contribution in [2.24, 2.45) is 0 Å². The number of esters is 1. The third kappa shape index (κ3) is 4.44. The van der Waals surface area contributed by atoms with Crippen LogP contribution in [0.1, 0.15) is 26.5 Å². The molecule has 2 aromatic rings. The number of anilines is 1. The third-order valence-corrected chi connectivity index (χ3v) is 5.67. The van der Waals surface area contributed by atoms with E-state index in [1.807, 2.05) is 0 Å². The van der Waals surface area contributed by atoms with Gasteiger partial charge in [-0.1, -0.05) is 17.7 Å². The van der Waals surface area contributed by atoms with E-state index < -0.39 is 35.5 Å². The molecular formula is C19H17ClFN3O5S. The maximum atomic E-state index is 14.2. The van der Waals surface area contributed by atoms with Gasteiger partial charge in [-0.3, -0.25) is 14.4 Å². The van der Waals surface area contributed by atoms with E-state index in [9.17, 15) is 23.6 Å². The Morgan fingerprint density at radius 3 is 2.83 bits per heavy atom. The van der Waals surface area contributed by atoms with E-state index in [2.05, 4.69) is 15.4 Å². The number of thiophene rings is 1. The number of carbonyl (C=O) groups excluding carboxylic acids is 4. The Bertz CT molecular complexity index is 992. The van der Waals surface area contributed by atoms with E-state index in [1.165, 1.54) is 25.3 Å². The SMILES string of the molecule is COC(=O)c1sccc1NC(=O)C[C@H]1C(=O)NCCN1C(=O)c1c(F)cccc1Cl. The molecule has 1 aliphatic heterocycles. The predicted octanol–water partition coefficient (Wildman–Crippen LogP) is 2.30. The Morgan fingerprint density at radius 1 is 1.37 bits per heavy atom. The Hall–Kier alpha value is -2.98. The van der Waals surface area contributed by atoms with Crippen molar-refractivity contribution in [1.82, 2.24) is 10.2 Å². The summed E-state index contributed by atoms with van der Waals surface area (Å²) in [5.74, 6) is -3.35. The number of halogens is 2. The lowest BCUT2D eigenvalue weighted by Crippen LogP contribution is -2.58. The number of nitrogens with zero attached hydrogens (tertiary/aromatic N) is 1. The van der Waals surface area contributed by atoms with Crippen LogP contribution in [0.3, 0.4) is 0 Å². The molecule has 158 valence electrons.